The van der Waals surface area contributed by atoms with Gasteiger partial charge in [0.25, 0.3) is 0 Å². The van der Waals surface area contributed by atoms with Gasteiger partial charge in [0.1, 0.15) is 17.5 Å². The first-order valence-electron chi connectivity index (χ1n) is 14.1. The Bertz CT molecular complexity index is 1070. The molecule has 0 unspecified atom stereocenters. The number of hydrogen-bond donors (Lipinski definition) is 2. The molecule has 8 heteroatoms. The number of nitrogens with zero attached hydrogens (tertiary/aromatic N) is 4. The molecule has 6 nitrogen and oxygen atoms in total. The molecule has 0 radical (unpaired) electrons. The monoisotopic (exact) mass is 524 g/mol. The van der Waals surface area contributed by atoms with E-state index in [-0.39, 0.29) is 11.2 Å². The molecule has 0 amide bonds. The molecule has 5 rings (SSSR count). The topological polar surface area (TPSA) is 56.3 Å². The summed E-state index contributed by atoms with van der Waals surface area (Å²) in [7, 11) is 0. The van der Waals surface area contributed by atoms with E-state index in [0.717, 1.165) is 44.1 Å². The van der Waals surface area contributed by atoms with Crippen LogP contribution in [0.4, 0.5) is 22.0 Å². The Kier molecular flexibility index (Phi) is 8.12. The van der Waals surface area contributed by atoms with E-state index in [9.17, 15) is 4.39 Å². The van der Waals surface area contributed by atoms with Crippen molar-refractivity contribution in [1.82, 2.24) is 15.3 Å². The molecule has 0 bridgehead atoms. The maximum Gasteiger partial charge on any atom is 0.232 e. The minimum Gasteiger partial charge on any atom is -0.361 e. The van der Waals surface area contributed by atoms with Crippen molar-refractivity contribution in [2.75, 3.05) is 41.3 Å². The fourth-order valence-corrected chi connectivity index (χ4v) is 6.60. The maximum atomic E-state index is 13.6. The van der Waals surface area contributed by atoms with Gasteiger partial charge in [-0.1, -0.05) is 31.9 Å². The quantitative estimate of drug-likeness (QED) is 0.448. The summed E-state index contributed by atoms with van der Waals surface area (Å²) in [6.07, 6.45) is 10.6. The van der Waals surface area contributed by atoms with E-state index in [4.69, 9.17) is 22.2 Å². The molecule has 1 saturated carbocycles. The minimum absolute atomic E-state index is 0.0273. The van der Waals surface area contributed by atoms with Gasteiger partial charge in [0.2, 0.25) is 5.95 Å². The van der Waals surface area contributed by atoms with Gasteiger partial charge in [-0.05, 0) is 87.7 Å². The van der Waals surface area contributed by atoms with E-state index in [1.165, 1.54) is 50.5 Å². The summed E-state index contributed by atoms with van der Waals surface area (Å²) in [5.74, 6) is 3.00. The number of benzene rings is 1. The van der Waals surface area contributed by atoms with Crippen molar-refractivity contribution in [2.45, 2.75) is 83.1 Å². The van der Waals surface area contributed by atoms with Crippen LogP contribution < -0.4 is 20.4 Å². The lowest BCUT2D eigenvalue weighted by Crippen LogP contribution is -2.41. The van der Waals surface area contributed by atoms with Crippen molar-refractivity contribution in [3.8, 4) is 0 Å². The number of piperidine rings is 2. The number of thiocarbonyl (C=S) groups is 1. The van der Waals surface area contributed by atoms with Crippen LogP contribution in [-0.2, 0) is 5.41 Å². The van der Waals surface area contributed by atoms with Gasteiger partial charge in [0.15, 0.2) is 5.11 Å². The van der Waals surface area contributed by atoms with Gasteiger partial charge in [-0.25, -0.2) is 4.39 Å². The summed E-state index contributed by atoms with van der Waals surface area (Å²) in [6.45, 7) is 8.39. The van der Waals surface area contributed by atoms with Crippen molar-refractivity contribution < 1.29 is 4.39 Å². The Morgan fingerprint density at radius 2 is 1.76 bits per heavy atom. The lowest BCUT2D eigenvalue weighted by Gasteiger charge is -2.36. The van der Waals surface area contributed by atoms with Crippen LogP contribution in [0.3, 0.4) is 0 Å². The van der Waals surface area contributed by atoms with Crippen LogP contribution in [0.15, 0.2) is 30.3 Å². The molecule has 1 aromatic carbocycles. The van der Waals surface area contributed by atoms with E-state index in [1.54, 1.807) is 12.1 Å². The molecule has 2 aliphatic heterocycles. The van der Waals surface area contributed by atoms with Crippen LogP contribution in [0.25, 0.3) is 0 Å². The summed E-state index contributed by atoms with van der Waals surface area (Å²) in [4.78, 5) is 14.7. The number of anilines is 3. The number of hydrogen-bond acceptors (Lipinski definition) is 5. The Morgan fingerprint density at radius 1 is 1.00 bits per heavy atom. The number of rotatable bonds is 6. The normalized spacial score (nSPS) is 23.6. The summed E-state index contributed by atoms with van der Waals surface area (Å²) in [5, 5.41) is 7.31. The SMILES string of the molecule is C[C@H]1CCCN(c2cc(N3CCCC[C@@H]3C)nc(NC(=S)NCC3(c4ccc(F)cc4)CCCC3)n2)C1. The third kappa shape index (κ3) is 6.16. The fourth-order valence-electron chi connectivity index (χ4n) is 6.44. The Hall–Kier alpha value is -2.48. The van der Waals surface area contributed by atoms with Gasteiger partial charge in [0, 0.05) is 43.7 Å². The van der Waals surface area contributed by atoms with Gasteiger partial charge >= 0.3 is 0 Å². The second-order valence-corrected chi connectivity index (χ2v) is 11.8. The number of aromatic nitrogens is 2. The first-order chi connectivity index (χ1) is 17.9. The third-order valence-corrected chi connectivity index (χ3v) is 8.85. The number of nitrogens with one attached hydrogen (secondary N) is 2. The average Bonchev–Trinajstić information content (AvgIpc) is 3.38. The highest BCUT2D eigenvalue weighted by Gasteiger charge is 2.35. The predicted molar refractivity (Wildman–Crippen MR) is 154 cm³/mol. The van der Waals surface area contributed by atoms with Gasteiger partial charge in [-0.15, -0.1) is 0 Å². The van der Waals surface area contributed by atoms with Crippen molar-refractivity contribution in [3.63, 3.8) is 0 Å². The Labute approximate surface area is 226 Å². The summed E-state index contributed by atoms with van der Waals surface area (Å²) >= 11 is 5.74. The standard InChI is InChI=1S/C29H41FN6S/c1-21-8-7-16-35(19-21)25-18-26(36-17-6-3-9-22(36)2)33-27(32-25)34-28(37)31-20-29(14-4-5-15-29)23-10-12-24(30)13-11-23/h10-13,18,21-22H,3-9,14-17,19-20H2,1-2H3,(H2,31,32,33,34,37)/t21-,22-/m0/s1. The lowest BCUT2D eigenvalue weighted by molar-refractivity contribution is 0.434. The van der Waals surface area contributed by atoms with Crippen molar-refractivity contribution >= 4 is 34.9 Å². The molecule has 2 atom stereocenters. The maximum absolute atomic E-state index is 13.6. The van der Waals surface area contributed by atoms with Crippen LogP contribution in [0.1, 0.15) is 77.2 Å². The zero-order valence-corrected chi connectivity index (χ0v) is 23.1. The molecular formula is C29H41FN6S. The van der Waals surface area contributed by atoms with Crippen LogP contribution >= 0.6 is 12.2 Å². The van der Waals surface area contributed by atoms with Crippen molar-refractivity contribution in [1.29, 1.82) is 0 Å². The van der Waals surface area contributed by atoms with Crippen LogP contribution in [0.5, 0.6) is 0 Å². The molecule has 0 spiro atoms. The molecule has 3 fully saturated rings. The molecule has 200 valence electrons. The predicted octanol–water partition coefficient (Wildman–Crippen LogP) is 6.03. The third-order valence-electron chi connectivity index (χ3n) is 8.61. The summed E-state index contributed by atoms with van der Waals surface area (Å²) in [6, 6.07) is 9.62. The van der Waals surface area contributed by atoms with E-state index >= 15 is 0 Å². The zero-order valence-electron chi connectivity index (χ0n) is 22.3. The molecule has 2 aromatic rings. The highest BCUT2D eigenvalue weighted by Crippen LogP contribution is 2.40. The Morgan fingerprint density at radius 3 is 2.49 bits per heavy atom. The smallest absolute Gasteiger partial charge is 0.232 e. The lowest BCUT2D eigenvalue weighted by atomic mass is 9.79. The number of halogens is 1. The van der Waals surface area contributed by atoms with Crippen LogP contribution in [0, 0.1) is 11.7 Å². The molecule has 37 heavy (non-hydrogen) atoms. The van der Waals surface area contributed by atoms with Crippen LogP contribution in [0.2, 0.25) is 0 Å². The second-order valence-electron chi connectivity index (χ2n) is 11.4. The summed E-state index contributed by atoms with van der Waals surface area (Å²) < 4.78 is 13.6. The molecule has 1 aliphatic carbocycles. The highest BCUT2D eigenvalue weighted by molar-refractivity contribution is 7.80. The van der Waals surface area contributed by atoms with Gasteiger partial charge in [-0.3, -0.25) is 0 Å². The van der Waals surface area contributed by atoms with Crippen molar-refractivity contribution in [3.05, 3.63) is 41.7 Å². The molecule has 3 heterocycles. The van der Waals surface area contributed by atoms with E-state index in [2.05, 4.69) is 40.3 Å². The van der Waals surface area contributed by atoms with Gasteiger partial charge in [0.05, 0.1) is 0 Å². The second kappa shape index (κ2) is 11.5. The van der Waals surface area contributed by atoms with Crippen LogP contribution in [-0.4, -0.2) is 47.3 Å². The van der Waals surface area contributed by atoms with E-state index in [0.29, 0.717) is 29.6 Å². The highest BCUT2D eigenvalue weighted by atomic mass is 32.1. The molecule has 1 aromatic heterocycles. The molecular weight excluding hydrogens is 483 g/mol. The van der Waals surface area contributed by atoms with E-state index in [1.807, 2.05) is 12.1 Å². The zero-order chi connectivity index (χ0) is 25.8. The van der Waals surface area contributed by atoms with Gasteiger partial charge < -0.3 is 20.4 Å². The van der Waals surface area contributed by atoms with E-state index < -0.39 is 0 Å². The van der Waals surface area contributed by atoms with Crippen molar-refractivity contribution in [2.24, 2.45) is 5.92 Å². The Balaban J connectivity index is 1.33. The molecule has 2 saturated heterocycles. The largest absolute Gasteiger partial charge is 0.361 e. The summed E-state index contributed by atoms with van der Waals surface area (Å²) in [5.41, 5.74) is 1.15. The average molecular weight is 525 g/mol. The molecule has 2 N–H and O–H groups in total. The molecule has 3 aliphatic rings. The first-order valence-corrected chi connectivity index (χ1v) is 14.5. The van der Waals surface area contributed by atoms with Gasteiger partial charge in [-0.2, -0.15) is 9.97 Å². The fraction of sp³-hybridized carbons (Fsp3) is 0.621. The minimum atomic E-state index is -0.194. The first kappa shape index (κ1) is 26.1.